The number of furan rings is 1. The number of anilines is 6. The van der Waals surface area contributed by atoms with Gasteiger partial charge in [-0.25, -0.2) is 0 Å². The lowest BCUT2D eigenvalue weighted by atomic mass is 10.00. The first-order chi connectivity index (χ1) is 22.9. The van der Waals surface area contributed by atoms with Gasteiger partial charge in [0.2, 0.25) is 0 Å². The van der Waals surface area contributed by atoms with E-state index in [2.05, 4.69) is 183 Å². The van der Waals surface area contributed by atoms with E-state index >= 15 is 0 Å². The minimum atomic E-state index is 0.864. The molecule has 1 aromatic heterocycles. The van der Waals surface area contributed by atoms with Crippen molar-refractivity contribution < 1.29 is 4.42 Å². The normalized spacial score (nSPS) is 11.4. The molecule has 1 heterocycles. The Morgan fingerprint density at radius 1 is 0.362 bits per heavy atom. The van der Waals surface area contributed by atoms with E-state index in [1.165, 1.54) is 33.0 Å². The zero-order chi connectivity index (χ0) is 32.1. The van der Waals surface area contributed by atoms with Crippen LogP contribution in [-0.2, 0) is 0 Å². The Hall–Kier alpha value is -5.80. The van der Waals surface area contributed by atoms with Crippen molar-refractivity contribution in [2.75, 3.05) is 9.80 Å². The SMILES string of the molecule is Cc1cccc(N(c2cccc(C)c2)c2ccc3c(c2)oc2cc(N(c4cccc(C)c4)c4cccc(C)c4)c4ccccc4c23)c1. The third-order valence-corrected chi connectivity index (χ3v) is 8.98. The number of benzene rings is 7. The molecule has 0 aliphatic carbocycles. The molecule has 0 spiro atoms. The van der Waals surface area contributed by atoms with Crippen molar-refractivity contribution in [1.82, 2.24) is 0 Å². The topological polar surface area (TPSA) is 19.6 Å². The minimum Gasteiger partial charge on any atom is -0.456 e. The molecular formula is C44H36N2O. The highest BCUT2D eigenvalue weighted by molar-refractivity contribution is 6.22. The summed E-state index contributed by atoms with van der Waals surface area (Å²) in [7, 11) is 0. The Morgan fingerprint density at radius 3 is 1.34 bits per heavy atom. The van der Waals surface area contributed by atoms with Gasteiger partial charge in [0.25, 0.3) is 0 Å². The Bertz CT molecular complexity index is 2340. The van der Waals surface area contributed by atoms with E-state index in [0.29, 0.717) is 0 Å². The average molecular weight is 609 g/mol. The summed E-state index contributed by atoms with van der Waals surface area (Å²) in [5.41, 5.74) is 13.2. The van der Waals surface area contributed by atoms with Crippen molar-refractivity contribution in [3.63, 3.8) is 0 Å². The van der Waals surface area contributed by atoms with Gasteiger partial charge in [0.05, 0.1) is 5.69 Å². The van der Waals surface area contributed by atoms with E-state index in [0.717, 1.165) is 56.1 Å². The van der Waals surface area contributed by atoms with Crippen LogP contribution in [0.3, 0.4) is 0 Å². The fourth-order valence-corrected chi connectivity index (χ4v) is 6.88. The Morgan fingerprint density at radius 2 is 0.830 bits per heavy atom. The molecule has 3 nitrogen and oxygen atoms in total. The molecule has 8 aromatic rings. The van der Waals surface area contributed by atoms with Crippen LogP contribution in [0.25, 0.3) is 32.7 Å². The van der Waals surface area contributed by atoms with Crippen molar-refractivity contribution in [1.29, 1.82) is 0 Å². The van der Waals surface area contributed by atoms with E-state index in [4.69, 9.17) is 4.42 Å². The summed E-state index contributed by atoms with van der Waals surface area (Å²) in [5.74, 6) is 0. The van der Waals surface area contributed by atoms with E-state index in [1.54, 1.807) is 0 Å². The molecule has 0 atom stereocenters. The second kappa shape index (κ2) is 11.5. The molecule has 47 heavy (non-hydrogen) atoms. The van der Waals surface area contributed by atoms with Gasteiger partial charge >= 0.3 is 0 Å². The van der Waals surface area contributed by atoms with Crippen LogP contribution in [0.5, 0.6) is 0 Å². The Labute approximate surface area is 275 Å². The number of fused-ring (bicyclic) bond motifs is 5. The van der Waals surface area contributed by atoms with Crippen LogP contribution in [0.2, 0.25) is 0 Å². The monoisotopic (exact) mass is 608 g/mol. The number of hydrogen-bond donors (Lipinski definition) is 0. The lowest BCUT2D eigenvalue weighted by Gasteiger charge is -2.27. The first-order valence-corrected chi connectivity index (χ1v) is 16.2. The molecule has 3 heteroatoms. The van der Waals surface area contributed by atoms with Crippen molar-refractivity contribution in [3.05, 3.63) is 168 Å². The quantitative estimate of drug-likeness (QED) is 0.187. The van der Waals surface area contributed by atoms with E-state index in [9.17, 15) is 0 Å². The molecule has 0 fully saturated rings. The maximum Gasteiger partial charge on any atom is 0.138 e. The van der Waals surface area contributed by atoms with Gasteiger partial charge in [0, 0.05) is 56.7 Å². The molecular weight excluding hydrogens is 572 g/mol. The van der Waals surface area contributed by atoms with Crippen LogP contribution in [0, 0.1) is 27.7 Å². The number of nitrogens with zero attached hydrogens (tertiary/aromatic N) is 2. The van der Waals surface area contributed by atoms with E-state index in [1.807, 2.05) is 0 Å². The second-order valence-corrected chi connectivity index (χ2v) is 12.6. The van der Waals surface area contributed by atoms with Gasteiger partial charge in [-0.1, -0.05) is 72.8 Å². The lowest BCUT2D eigenvalue weighted by molar-refractivity contribution is 0.669. The van der Waals surface area contributed by atoms with Crippen molar-refractivity contribution in [2.24, 2.45) is 0 Å². The van der Waals surface area contributed by atoms with Crippen LogP contribution in [0.1, 0.15) is 22.3 Å². The number of rotatable bonds is 6. The Kier molecular flexibility index (Phi) is 7.03. The van der Waals surface area contributed by atoms with Crippen LogP contribution < -0.4 is 9.80 Å². The molecule has 0 aliphatic rings. The van der Waals surface area contributed by atoms with Crippen LogP contribution in [0.15, 0.2) is 150 Å². The molecule has 0 aliphatic heterocycles. The molecule has 8 rings (SSSR count). The van der Waals surface area contributed by atoms with Gasteiger partial charge in [-0.2, -0.15) is 0 Å². The van der Waals surface area contributed by atoms with Gasteiger partial charge in [0.15, 0.2) is 0 Å². The zero-order valence-electron chi connectivity index (χ0n) is 27.2. The Balaban J connectivity index is 1.37. The smallest absolute Gasteiger partial charge is 0.138 e. The van der Waals surface area contributed by atoms with Crippen molar-refractivity contribution in [2.45, 2.75) is 27.7 Å². The van der Waals surface area contributed by atoms with E-state index in [-0.39, 0.29) is 0 Å². The van der Waals surface area contributed by atoms with Crippen LogP contribution >= 0.6 is 0 Å². The first kappa shape index (κ1) is 28.7. The van der Waals surface area contributed by atoms with E-state index < -0.39 is 0 Å². The lowest BCUT2D eigenvalue weighted by Crippen LogP contribution is -2.11. The molecule has 7 aromatic carbocycles. The van der Waals surface area contributed by atoms with Gasteiger partial charge < -0.3 is 14.2 Å². The number of aryl methyl sites for hydroxylation is 4. The molecule has 0 radical (unpaired) electrons. The molecule has 0 saturated heterocycles. The highest BCUT2D eigenvalue weighted by Crippen LogP contribution is 2.46. The average Bonchev–Trinajstić information content (AvgIpc) is 3.43. The highest BCUT2D eigenvalue weighted by Gasteiger charge is 2.21. The molecule has 0 amide bonds. The largest absolute Gasteiger partial charge is 0.456 e. The summed E-state index contributed by atoms with van der Waals surface area (Å²) in [6, 6.07) is 52.3. The molecule has 228 valence electrons. The predicted molar refractivity (Wildman–Crippen MR) is 200 cm³/mol. The van der Waals surface area contributed by atoms with Gasteiger partial charge in [-0.05, 0) is 116 Å². The van der Waals surface area contributed by atoms with Gasteiger partial charge in [-0.3, -0.25) is 0 Å². The third kappa shape index (κ3) is 5.20. The van der Waals surface area contributed by atoms with Crippen molar-refractivity contribution >= 4 is 66.8 Å². The summed E-state index contributed by atoms with van der Waals surface area (Å²) >= 11 is 0. The molecule has 0 saturated carbocycles. The first-order valence-electron chi connectivity index (χ1n) is 16.2. The maximum absolute atomic E-state index is 6.83. The van der Waals surface area contributed by atoms with Crippen molar-refractivity contribution in [3.8, 4) is 0 Å². The molecule has 0 unspecified atom stereocenters. The molecule has 0 N–H and O–H groups in total. The third-order valence-electron chi connectivity index (χ3n) is 8.98. The fourth-order valence-electron chi connectivity index (χ4n) is 6.88. The standard InChI is InChI=1S/C44H36N2O/c1-29-11-7-15-33(23-29)45(34-16-8-12-30(2)24-34)37-21-22-40-42(27-37)47-43-28-41(38-19-5-6-20-39(38)44(40)43)46(35-17-9-13-31(3)25-35)36-18-10-14-32(4)26-36/h5-28H,1-4H3. The minimum absolute atomic E-state index is 0.864. The maximum atomic E-state index is 6.83. The summed E-state index contributed by atoms with van der Waals surface area (Å²) < 4.78 is 6.83. The summed E-state index contributed by atoms with van der Waals surface area (Å²) in [6.07, 6.45) is 0. The zero-order valence-corrected chi connectivity index (χ0v) is 27.2. The fraction of sp³-hybridized carbons (Fsp3) is 0.0909. The second-order valence-electron chi connectivity index (χ2n) is 12.6. The van der Waals surface area contributed by atoms with Gasteiger partial charge in [-0.15, -0.1) is 0 Å². The van der Waals surface area contributed by atoms with Gasteiger partial charge in [0.1, 0.15) is 11.2 Å². The van der Waals surface area contributed by atoms with Crippen LogP contribution in [0.4, 0.5) is 34.1 Å². The highest BCUT2D eigenvalue weighted by atomic mass is 16.3. The summed E-state index contributed by atoms with van der Waals surface area (Å²) in [6.45, 7) is 8.57. The summed E-state index contributed by atoms with van der Waals surface area (Å²) in [5, 5.41) is 4.59. The number of hydrogen-bond acceptors (Lipinski definition) is 3. The van der Waals surface area contributed by atoms with Crippen LogP contribution in [-0.4, -0.2) is 0 Å². The predicted octanol–water partition coefficient (Wildman–Crippen LogP) is 12.9. The molecule has 0 bridgehead atoms. The summed E-state index contributed by atoms with van der Waals surface area (Å²) in [4.78, 5) is 4.67.